The topological polar surface area (TPSA) is 179 Å². The number of carbonyl (C=O) groups excluding carboxylic acids is 4. The van der Waals surface area contributed by atoms with Crippen molar-refractivity contribution in [1.82, 2.24) is 21.3 Å². The van der Waals surface area contributed by atoms with Gasteiger partial charge in [0.1, 0.15) is 5.66 Å². The highest BCUT2D eigenvalue weighted by Gasteiger charge is 2.53. The number of hydrogen-bond acceptors (Lipinski definition) is 10. The molecule has 47 heavy (non-hydrogen) atoms. The average molecular weight is 688 g/mol. The summed E-state index contributed by atoms with van der Waals surface area (Å²) >= 11 is 1.84. The number of amides is 4. The highest BCUT2D eigenvalue weighted by atomic mass is 32.2. The molecule has 2 rings (SSSR count). The number of carbonyl (C=O) groups is 4. The Kier molecular flexibility index (Phi) is 20.5. The van der Waals surface area contributed by atoms with Gasteiger partial charge < -0.3 is 45.9 Å². The maximum atomic E-state index is 12.1. The molecule has 0 bridgehead atoms. The van der Waals surface area contributed by atoms with Gasteiger partial charge in [-0.15, -0.1) is 0 Å². The van der Waals surface area contributed by atoms with Crippen LogP contribution >= 0.6 is 11.8 Å². The minimum absolute atomic E-state index is 0.0409. The molecule has 0 aromatic rings. The Labute approximate surface area is 285 Å². The Bertz CT molecular complexity index is 937. The highest BCUT2D eigenvalue weighted by Crippen LogP contribution is 2.44. The zero-order valence-electron chi connectivity index (χ0n) is 29.0. The molecule has 2 fully saturated rings. The van der Waals surface area contributed by atoms with Crippen molar-refractivity contribution in [1.29, 1.82) is 0 Å². The van der Waals surface area contributed by atoms with Crippen molar-refractivity contribution in [2.45, 2.75) is 108 Å². The van der Waals surface area contributed by atoms with Crippen molar-refractivity contribution >= 4 is 35.4 Å². The summed E-state index contributed by atoms with van der Waals surface area (Å²) in [5, 5.41) is 11.8. The number of unbranched alkanes of at least 4 members (excludes halogenated alkanes) is 1. The molecule has 3 atom stereocenters. The van der Waals surface area contributed by atoms with Crippen LogP contribution in [-0.4, -0.2) is 112 Å². The van der Waals surface area contributed by atoms with E-state index >= 15 is 0 Å². The Morgan fingerprint density at radius 3 is 1.79 bits per heavy atom. The minimum Gasteiger partial charge on any atom is -0.379 e. The molecule has 272 valence electrons. The average Bonchev–Trinajstić information content (AvgIpc) is 3.46. The van der Waals surface area contributed by atoms with E-state index in [-0.39, 0.29) is 40.4 Å². The van der Waals surface area contributed by atoms with Crippen molar-refractivity contribution in [3.05, 3.63) is 0 Å². The van der Waals surface area contributed by atoms with Crippen LogP contribution in [0.1, 0.15) is 91.4 Å². The molecule has 2 heterocycles. The lowest BCUT2D eigenvalue weighted by molar-refractivity contribution is -0.123. The van der Waals surface area contributed by atoms with Gasteiger partial charge in [0.15, 0.2) is 0 Å². The molecular formula is C33H61N5O8S. The first-order chi connectivity index (χ1) is 22.5. The molecule has 0 aromatic heterocycles. The molecular weight excluding hydrogens is 626 g/mol. The lowest BCUT2D eigenvalue weighted by Crippen LogP contribution is -2.58. The number of thioether (sulfide) groups is 1. The van der Waals surface area contributed by atoms with Crippen LogP contribution in [-0.2, 0) is 38.1 Å². The Balaban J connectivity index is 1.26. The van der Waals surface area contributed by atoms with Crippen LogP contribution in [0.5, 0.6) is 0 Å². The summed E-state index contributed by atoms with van der Waals surface area (Å²) in [7, 11) is 0. The number of nitrogens with two attached hydrogens (primary N) is 1. The molecule has 0 unspecified atom stereocenters. The SMILES string of the molecule is CC(C)(C)OCCCNC(=O)CCCC(=O)NCCCOCCOCCOCCCNC(=O)CCCC[C@@H]1SC[C@@H]2CC(=O)N[C@@]21N. The summed E-state index contributed by atoms with van der Waals surface area (Å²) in [5.74, 6) is 1.16. The second-order valence-corrected chi connectivity index (χ2v) is 14.4. The Morgan fingerprint density at radius 2 is 1.26 bits per heavy atom. The first-order valence-corrected chi connectivity index (χ1v) is 18.4. The van der Waals surface area contributed by atoms with Gasteiger partial charge in [0, 0.05) is 82.1 Å². The Morgan fingerprint density at radius 1 is 0.766 bits per heavy atom. The fourth-order valence-corrected chi connectivity index (χ4v) is 7.05. The molecule has 2 aliphatic heterocycles. The second-order valence-electron chi connectivity index (χ2n) is 13.2. The van der Waals surface area contributed by atoms with E-state index in [2.05, 4.69) is 21.3 Å². The monoisotopic (exact) mass is 687 g/mol. The largest absolute Gasteiger partial charge is 0.379 e. The summed E-state index contributed by atoms with van der Waals surface area (Å²) < 4.78 is 22.2. The molecule has 2 aliphatic rings. The molecule has 13 nitrogen and oxygen atoms in total. The molecule has 4 amide bonds. The van der Waals surface area contributed by atoms with Gasteiger partial charge in [0.2, 0.25) is 23.6 Å². The van der Waals surface area contributed by atoms with Crippen molar-refractivity contribution in [2.75, 3.05) is 71.6 Å². The van der Waals surface area contributed by atoms with Crippen LogP contribution in [0.25, 0.3) is 0 Å². The van der Waals surface area contributed by atoms with E-state index in [1.807, 2.05) is 32.5 Å². The molecule has 0 aromatic carbocycles. The smallest absolute Gasteiger partial charge is 0.221 e. The number of hydrogen-bond donors (Lipinski definition) is 5. The zero-order valence-corrected chi connectivity index (χ0v) is 29.8. The normalized spacial score (nSPS) is 20.6. The van der Waals surface area contributed by atoms with E-state index in [4.69, 9.17) is 24.7 Å². The summed E-state index contributed by atoms with van der Waals surface area (Å²) in [6.07, 6.45) is 7.05. The van der Waals surface area contributed by atoms with Crippen LogP contribution in [0.15, 0.2) is 0 Å². The predicted octanol–water partition coefficient (Wildman–Crippen LogP) is 2.01. The predicted molar refractivity (Wildman–Crippen MR) is 183 cm³/mol. The highest BCUT2D eigenvalue weighted by molar-refractivity contribution is 8.00. The summed E-state index contributed by atoms with van der Waals surface area (Å²) in [4.78, 5) is 47.6. The van der Waals surface area contributed by atoms with Crippen molar-refractivity contribution in [3.8, 4) is 0 Å². The number of nitrogens with one attached hydrogen (secondary N) is 4. The van der Waals surface area contributed by atoms with Crippen LogP contribution in [0.2, 0.25) is 0 Å². The van der Waals surface area contributed by atoms with Crippen LogP contribution < -0.4 is 27.0 Å². The Hall–Kier alpha value is -1.97. The third-order valence-corrected chi connectivity index (χ3v) is 9.54. The standard InChI is InChI=1S/C33H61N5O8S/c1-32(2,3)46-19-9-16-37-30(41)13-6-12-29(40)36-15-8-18-44-21-23-45-22-20-43-17-7-14-35-28(39)11-5-4-10-27-33(34)26(25-47-27)24-31(42)38-33/h26-27H,4-25,34H2,1-3H3,(H,35,39)(H,36,40)(H,37,41)(H,38,42)/t26-,27-,33-/m0/s1. The van der Waals surface area contributed by atoms with E-state index in [1.54, 1.807) is 0 Å². The van der Waals surface area contributed by atoms with Gasteiger partial charge in [-0.25, -0.2) is 0 Å². The van der Waals surface area contributed by atoms with E-state index in [0.717, 1.165) is 37.9 Å². The van der Waals surface area contributed by atoms with Crippen molar-refractivity contribution in [3.63, 3.8) is 0 Å². The number of rotatable bonds is 27. The van der Waals surface area contributed by atoms with Crippen LogP contribution in [0.3, 0.4) is 0 Å². The summed E-state index contributed by atoms with van der Waals surface area (Å²) in [6.45, 7) is 11.3. The van der Waals surface area contributed by atoms with E-state index in [1.165, 1.54) is 0 Å². The lowest BCUT2D eigenvalue weighted by atomic mass is 9.91. The van der Waals surface area contributed by atoms with Gasteiger partial charge >= 0.3 is 0 Å². The molecule has 6 N–H and O–H groups in total. The van der Waals surface area contributed by atoms with Crippen molar-refractivity contribution in [2.24, 2.45) is 11.7 Å². The maximum absolute atomic E-state index is 12.1. The van der Waals surface area contributed by atoms with Crippen molar-refractivity contribution < 1.29 is 38.1 Å². The fraction of sp³-hybridized carbons (Fsp3) is 0.879. The third kappa shape index (κ3) is 19.0. The van der Waals surface area contributed by atoms with E-state index in [0.29, 0.717) is 104 Å². The van der Waals surface area contributed by atoms with Gasteiger partial charge in [-0.1, -0.05) is 6.42 Å². The first-order valence-electron chi connectivity index (χ1n) is 17.4. The van der Waals surface area contributed by atoms with Gasteiger partial charge in [-0.3, -0.25) is 19.2 Å². The summed E-state index contributed by atoms with van der Waals surface area (Å²) in [6, 6.07) is 0. The lowest BCUT2D eigenvalue weighted by Gasteiger charge is -2.30. The summed E-state index contributed by atoms with van der Waals surface area (Å²) in [5.41, 5.74) is 5.73. The van der Waals surface area contributed by atoms with Crippen LogP contribution in [0, 0.1) is 5.92 Å². The number of ether oxygens (including phenoxy) is 4. The molecule has 14 heteroatoms. The molecule has 0 spiro atoms. The quantitative estimate of drug-likeness (QED) is 0.0803. The maximum Gasteiger partial charge on any atom is 0.221 e. The van der Waals surface area contributed by atoms with Crippen LogP contribution in [0.4, 0.5) is 0 Å². The fourth-order valence-electron chi connectivity index (χ4n) is 5.33. The molecule has 0 radical (unpaired) electrons. The van der Waals surface area contributed by atoms with Gasteiger partial charge in [-0.2, -0.15) is 11.8 Å². The van der Waals surface area contributed by atoms with E-state index < -0.39 is 5.66 Å². The van der Waals surface area contributed by atoms with E-state index in [9.17, 15) is 19.2 Å². The van der Waals surface area contributed by atoms with Gasteiger partial charge in [0.05, 0.1) is 32.0 Å². The van der Waals surface area contributed by atoms with Gasteiger partial charge in [-0.05, 0) is 59.3 Å². The number of fused-ring (bicyclic) bond motifs is 1. The minimum atomic E-state index is -0.572. The molecule has 0 aliphatic carbocycles. The molecule has 2 saturated heterocycles. The third-order valence-electron chi connectivity index (χ3n) is 7.92. The molecule has 0 saturated carbocycles. The first kappa shape index (κ1) is 41.2. The second kappa shape index (κ2) is 23.4. The van der Waals surface area contributed by atoms with Gasteiger partial charge in [0.25, 0.3) is 0 Å². The zero-order chi connectivity index (χ0) is 34.4.